The Morgan fingerprint density at radius 1 is 1.88 bits per heavy atom. The Morgan fingerprint density at radius 2 is 2.38 bits per heavy atom. The van der Waals surface area contributed by atoms with Crippen molar-refractivity contribution in [2.24, 2.45) is 0 Å². The molecule has 0 heterocycles. The molecule has 1 N–H and O–H groups in total. The predicted molar refractivity (Wildman–Crippen MR) is 32.1 cm³/mol. The summed E-state index contributed by atoms with van der Waals surface area (Å²) >= 11 is 5.26. The van der Waals surface area contributed by atoms with E-state index in [2.05, 4.69) is 0 Å². The van der Waals surface area contributed by atoms with E-state index in [1.54, 1.807) is 6.92 Å². The summed E-state index contributed by atoms with van der Waals surface area (Å²) in [5.41, 5.74) is 0.666. The van der Waals surface area contributed by atoms with Crippen LogP contribution >= 0.6 is 11.6 Å². The second-order valence-corrected chi connectivity index (χ2v) is 1.73. The first-order valence-electron chi connectivity index (χ1n) is 2.13. The Hall–Kier alpha value is -0.500. The molecule has 0 saturated carbocycles. The Morgan fingerprint density at radius 3 is 2.50 bits per heavy atom. The number of carboxylic acid groups (broad SMARTS) is 1. The van der Waals surface area contributed by atoms with E-state index in [4.69, 9.17) is 16.7 Å². The van der Waals surface area contributed by atoms with Crippen LogP contribution in [0.3, 0.4) is 0 Å². The molecule has 0 bridgehead atoms. The van der Waals surface area contributed by atoms with E-state index in [-0.39, 0.29) is 5.88 Å². The van der Waals surface area contributed by atoms with Gasteiger partial charge in [0.05, 0.1) is 0 Å². The van der Waals surface area contributed by atoms with E-state index in [0.29, 0.717) is 5.57 Å². The summed E-state index contributed by atoms with van der Waals surface area (Å²) in [6, 6.07) is 0. The lowest BCUT2D eigenvalue weighted by molar-refractivity contribution is -0.131. The second kappa shape index (κ2) is 3.50. The number of rotatable bonds is 2. The van der Waals surface area contributed by atoms with Crippen molar-refractivity contribution in [2.75, 3.05) is 5.88 Å². The van der Waals surface area contributed by atoms with Crippen LogP contribution in [0.15, 0.2) is 11.6 Å². The zero-order valence-corrected chi connectivity index (χ0v) is 5.27. The van der Waals surface area contributed by atoms with Crippen molar-refractivity contribution in [3.05, 3.63) is 11.6 Å². The molecule has 0 unspecified atom stereocenters. The normalized spacial score (nSPS) is 11.5. The zero-order valence-electron chi connectivity index (χ0n) is 4.52. The number of aliphatic carboxylic acids is 1. The van der Waals surface area contributed by atoms with Crippen molar-refractivity contribution in [3.63, 3.8) is 0 Å². The van der Waals surface area contributed by atoms with Crippen LogP contribution in [0.5, 0.6) is 0 Å². The van der Waals surface area contributed by atoms with Crippen LogP contribution in [0.25, 0.3) is 0 Å². The number of halogens is 1. The molecule has 0 amide bonds. The molecule has 0 aromatic heterocycles. The minimum Gasteiger partial charge on any atom is -0.478 e. The van der Waals surface area contributed by atoms with Gasteiger partial charge in [-0.2, -0.15) is 0 Å². The summed E-state index contributed by atoms with van der Waals surface area (Å²) in [7, 11) is 0. The average molecular weight is 135 g/mol. The molecule has 0 fully saturated rings. The van der Waals surface area contributed by atoms with Crippen LogP contribution in [-0.4, -0.2) is 17.0 Å². The number of alkyl halides is 1. The molecule has 0 spiro atoms. The van der Waals surface area contributed by atoms with Gasteiger partial charge in [-0.1, -0.05) is 5.57 Å². The largest absolute Gasteiger partial charge is 0.478 e. The van der Waals surface area contributed by atoms with Gasteiger partial charge in [0.25, 0.3) is 0 Å². The van der Waals surface area contributed by atoms with E-state index < -0.39 is 5.97 Å². The molecule has 0 aromatic carbocycles. The maximum atomic E-state index is 9.83. The molecule has 3 heteroatoms. The Balaban J connectivity index is 3.75. The van der Waals surface area contributed by atoms with Crippen molar-refractivity contribution >= 4 is 17.6 Å². The summed E-state index contributed by atoms with van der Waals surface area (Å²) in [5, 5.41) is 8.08. The van der Waals surface area contributed by atoms with E-state index in [1.165, 1.54) is 0 Å². The van der Waals surface area contributed by atoms with Crippen LogP contribution in [0.1, 0.15) is 6.92 Å². The fourth-order valence-electron chi connectivity index (χ4n) is 0.249. The van der Waals surface area contributed by atoms with Gasteiger partial charge in [0.1, 0.15) is 0 Å². The van der Waals surface area contributed by atoms with Gasteiger partial charge in [-0.05, 0) is 6.92 Å². The topological polar surface area (TPSA) is 37.3 Å². The van der Waals surface area contributed by atoms with Crippen LogP contribution in [0.2, 0.25) is 0 Å². The highest BCUT2D eigenvalue weighted by molar-refractivity contribution is 6.19. The van der Waals surface area contributed by atoms with Gasteiger partial charge in [0.2, 0.25) is 0 Å². The predicted octanol–water partition coefficient (Wildman–Crippen LogP) is 1.26. The van der Waals surface area contributed by atoms with E-state index in [9.17, 15) is 4.79 Å². The maximum Gasteiger partial charge on any atom is 0.328 e. The lowest BCUT2D eigenvalue weighted by Gasteiger charge is -1.85. The monoisotopic (exact) mass is 134 g/mol. The molecular weight excluding hydrogens is 128 g/mol. The lowest BCUT2D eigenvalue weighted by Crippen LogP contribution is -1.89. The Bertz CT molecular complexity index is 118. The first-order valence-corrected chi connectivity index (χ1v) is 2.66. The summed E-state index contributed by atoms with van der Waals surface area (Å²) in [5.74, 6) is -0.658. The SMILES string of the molecule is CC(=CC(=O)O)CCl. The number of hydrogen-bond acceptors (Lipinski definition) is 1. The van der Waals surface area contributed by atoms with Gasteiger partial charge in [-0.3, -0.25) is 0 Å². The number of carboxylic acids is 1. The fraction of sp³-hybridized carbons (Fsp3) is 0.400. The lowest BCUT2D eigenvalue weighted by atomic mass is 10.3. The van der Waals surface area contributed by atoms with Crippen molar-refractivity contribution < 1.29 is 9.90 Å². The third-order valence-electron chi connectivity index (χ3n) is 0.581. The van der Waals surface area contributed by atoms with Crippen molar-refractivity contribution in [1.82, 2.24) is 0 Å². The van der Waals surface area contributed by atoms with Gasteiger partial charge in [0, 0.05) is 12.0 Å². The van der Waals surface area contributed by atoms with Crippen molar-refractivity contribution in [1.29, 1.82) is 0 Å². The molecule has 0 radical (unpaired) electrons. The van der Waals surface area contributed by atoms with Crippen LogP contribution < -0.4 is 0 Å². The summed E-state index contributed by atoms with van der Waals surface area (Å²) in [6.07, 6.45) is 1.09. The highest BCUT2D eigenvalue weighted by Gasteiger charge is 1.89. The first-order chi connectivity index (χ1) is 3.66. The molecule has 2 nitrogen and oxygen atoms in total. The maximum absolute atomic E-state index is 9.83. The van der Waals surface area contributed by atoms with E-state index >= 15 is 0 Å². The van der Waals surface area contributed by atoms with E-state index in [0.717, 1.165) is 6.08 Å². The first kappa shape index (κ1) is 7.50. The molecule has 0 aromatic rings. The molecule has 0 aliphatic heterocycles. The molecule has 0 aliphatic rings. The van der Waals surface area contributed by atoms with E-state index in [1.807, 2.05) is 0 Å². The van der Waals surface area contributed by atoms with Crippen LogP contribution in [0.4, 0.5) is 0 Å². The van der Waals surface area contributed by atoms with Crippen molar-refractivity contribution in [2.45, 2.75) is 6.92 Å². The molecule has 0 rings (SSSR count). The van der Waals surface area contributed by atoms with Crippen LogP contribution in [-0.2, 0) is 4.79 Å². The summed E-state index contributed by atoms with van der Waals surface area (Å²) in [4.78, 5) is 9.83. The van der Waals surface area contributed by atoms with Gasteiger partial charge >= 0.3 is 5.97 Å². The minimum atomic E-state index is -0.942. The minimum absolute atomic E-state index is 0.284. The highest BCUT2D eigenvalue weighted by atomic mass is 35.5. The highest BCUT2D eigenvalue weighted by Crippen LogP contribution is 1.93. The van der Waals surface area contributed by atoms with Gasteiger partial charge in [-0.25, -0.2) is 4.79 Å². The summed E-state index contributed by atoms with van der Waals surface area (Å²) < 4.78 is 0. The molecule has 0 saturated heterocycles. The molecule has 0 atom stereocenters. The summed E-state index contributed by atoms with van der Waals surface area (Å²) in [6.45, 7) is 1.67. The van der Waals surface area contributed by atoms with Gasteiger partial charge in [-0.15, -0.1) is 11.6 Å². The molecular formula is C5H7ClO2. The zero-order chi connectivity index (χ0) is 6.57. The number of allylic oxidation sites excluding steroid dienone is 1. The van der Waals surface area contributed by atoms with Crippen molar-refractivity contribution in [3.8, 4) is 0 Å². The van der Waals surface area contributed by atoms with Crippen LogP contribution in [0, 0.1) is 0 Å². The number of carbonyl (C=O) groups is 1. The smallest absolute Gasteiger partial charge is 0.328 e. The number of hydrogen-bond donors (Lipinski definition) is 1. The third-order valence-corrected chi connectivity index (χ3v) is 1.00. The standard InChI is InChI=1S/C5H7ClO2/c1-4(3-6)2-5(7)8/h2H,3H2,1H3,(H,7,8). The second-order valence-electron chi connectivity index (χ2n) is 1.46. The third kappa shape index (κ3) is 3.68. The Kier molecular flexibility index (Phi) is 3.28. The molecule has 46 valence electrons. The van der Waals surface area contributed by atoms with Gasteiger partial charge < -0.3 is 5.11 Å². The molecule has 8 heavy (non-hydrogen) atoms. The molecule has 0 aliphatic carbocycles. The van der Waals surface area contributed by atoms with Gasteiger partial charge in [0.15, 0.2) is 0 Å². The Labute approximate surface area is 52.8 Å². The average Bonchev–Trinajstić information content (AvgIpc) is 1.65. The quantitative estimate of drug-likeness (QED) is 0.456. The fourth-order valence-corrected chi connectivity index (χ4v) is 0.327.